The number of aromatic nitrogens is 4. The van der Waals surface area contributed by atoms with Gasteiger partial charge >= 0.3 is 5.97 Å². The Morgan fingerprint density at radius 3 is 2.87 bits per heavy atom. The van der Waals surface area contributed by atoms with E-state index in [1.54, 1.807) is 19.1 Å². The minimum Gasteiger partial charge on any atom is -0.489 e. The van der Waals surface area contributed by atoms with Crippen LogP contribution in [0.4, 0.5) is 10.3 Å². The Kier molecular flexibility index (Phi) is 6.21. The van der Waals surface area contributed by atoms with Crippen LogP contribution in [0.1, 0.15) is 32.2 Å². The molecule has 1 N–H and O–H groups in total. The summed E-state index contributed by atoms with van der Waals surface area (Å²) in [6, 6.07) is 5.21. The summed E-state index contributed by atoms with van der Waals surface area (Å²) in [4.78, 5) is 17.9. The van der Waals surface area contributed by atoms with Gasteiger partial charge in [0.1, 0.15) is 29.4 Å². The molecule has 0 spiro atoms. The van der Waals surface area contributed by atoms with Crippen LogP contribution in [0.3, 0.4) is 0 Å². The standard InChI is InChI=1S/C20H21BrFN5O4/c1-2-15(19(28)29)27-16(5-8-23-27)18-24-20(25-31-18)26-9-6-13(7-10-26)30-17-11-12(22)3-4-14(17)21/h3-5,8,11,13,15H,2,6-7,9-10H2,1H3,(H,28,29). The lowest BCUT2D eigenvalue weighted by atomic mass is 10.1. The molecule has 31 heavy (non-hydrogen) atoms. The van der Waals surface area contributed by atoms with Gasteiger partial charge < -0.3 is 19.3 Å². The molecule has 3 heterocycles. The van der Waals surface area contributed by atoms with Crippen molar-refractivity contribution in [3.05, 3.63) is 40.8 Å². The molecule has 0 aliphatic carbocycles. The van der Waals surface area contributed by atoms with Crippen molar-refractivity contribution in [2.75, 3.05) is 18.0 Å². The number of halogens is 2. The lowest BCUT2D eigenvalue weighted by Crippen LogP contribution is -2.38. The van der Waals surface area contributed by atoms with Crippen molar-refractivity contribution in [3.63, 3.8) is 0 Å². The molecule has 3 aromatic rings. The summed E-state index contributed by atoms with van der Waals surface area (Å²) >= 11 is 3.38. The van der Waals surface area contributed by atoms with Crippen LogP contribution in [0.2, 0.25) is 0 Å². The van der Waals surface area contributed by atoms with E-state index in [9.17, 15) is 14.3 Å². The molecule has 1 aliphatic rings. The third-order valence-electron chi connectivity index (χ3n) is 5.18. The first-order valence-electron chi connectivity index (χ1n) is 9.93. The van der Waals surface area contributed by atoms with Gasteiger partial charge in [0.15, 0.2) is 0 Å². The van der Waals surface area contributed by atoms with E-state index in [4.69, 9.17) is 9.26 Å². The number of aliphatic carboxylic acids is 1. The summed E-state index contributed by atoms with van der Waals surface area (Å²) < 4.78 is 26.9. The van der Waals surface area contributed by atoms with E-state index in [1.807, 2.05) is 4.90 Å². The molecule has 2 aromatic heterocycles. The average molecular weight is 494 g/mol. The van der Waals surface area contributed by atoms with Crippen LogP contribution in [0.25, 0.3) is 11.6 Å². The summed E-state index contributed by atoms with van der Waals surface area (Å²) in [6.45, 7) is 3.06. The normalized spacial score (nSPS) is 15.8. The van der Waals surface area contributed by atoms with E-state index >= 15 is 0 Å². The maximum atomic E-state index is 13.5. The maximum absolute atomic E-state index is 13.5. The average Bonchev–Trinajstić information content (AvgIpc) is 3.41. The molecule has 0 saturated carbocycles. The van der Waals surface area contributed by atoms with E-state index in [0.29, 0.717) is 54.2 Å². The van der Waals surface area contributed by atoms with Crippen molar-refractivity contribution in [1.29, 1.82) is 0 Å². The molecule has 1 fully saturated rings. The van der Waals surface area contributed by atoms with Crippen molar-refractivity contribution in [3.8, 4) is 17.3 Å². The van der Waals surface area contributed by atoms with Gasteiger partial charge in [-0.05, 0) is 45.7 Å². The molecule has 164 valence electrons. The SMILES string of the molecule is CCC(C(=O)O)n1nccc1-c1nc(N2CCC(Oc3cc(F)ccc3Br)CC2)no1. The Labute approximate surface area is 185 Å². The van der Waals surface area contributed by atoms with Crippen LogP contribution in [0, 0.1) is 5.82 Å². The number of hydrogen-bond acceptors (Lipinski definition) is 7. The van der Waals surface area contributed by atoms with Gasteiger partial charge in [0, 0.05) is 38.2 Å². The van der Waals surface area contributed by atoms with Crippen LogP contribution in [-0.4, -0.2) is 50.2 Å². The number of carboxylic acid groups (broad SMARTS) is 1. The van der Waals surface area contributed by atoms with Gasteiger partial charge in [0.05, 0.1) is 4.47 Å². The number of rotatable bonds is 7. The number of carboxylic acids is 1. The Hall–Kier alpha value is -2.95. The predicted octanol–water partition coefficient (Wildman–Crippen LogP) is 3.92. The fourth-order valence-corrected chi connectivity index (χ4v) is 3.89. The molecule has 4 rings (SSSR count). The van der Waals surface area contributed by atoms with Gasteiger partial charge in [0.2, 0.25) is 0 Å². The van der Waals surface area contributed by atoms with Crippen molar-refractivity contribution in [2.45, 2.75) is 38.3 Å². The Morgan fingerprint density at radius 1 is 1.39 bits per heavy atom. The third kappa shape index (κ3) is 4.55. The molecular formula is C20H21BrFN5O4. The summed E-state index contributed by atoms with van der Waals surface area (Å²) in [5.74, 6) is -0.190. The molecular weight excluding hydrogens is 473 g/mol. The molecule has 0 radical (unpaired) electrons. The Bertz CT molecular complexity index is 1060. The van der Waals surface area contributed by atoms with Gasteiger partial charge in [-0.25, -0.2) is 13.9 Å². The first-order chi connectivity index (χ1) is 15.0. The van der Waals surface area contributed by atoms with E-state index in [1.165, 1.54) is 23.0 Å². The highest BCUT2D eigenvalue weighted by Gasteiger charge is 2.27. The minimum absolute atomic E-state index is 0.0527. The molecule has 0 amide bonds. The number of hydrogen-bond donors (Lipinski definition) is 1. The van der Waals surface area contributed by atoms with Crippen molar-refractivity contribution in [1.82, 2.24) is 19.9 Å². The summed E-state index contributed by atoms with van der Waals surface area (Å²) in [5.41, 5.74) is 0.460. The van der Waals surface area contributed by atoms with Gasteiger partial charge in [-0.1, -0.05) is 6.92 Å². The molecule has 1 aliphatic heterocycles. The van der Waals surface area contributed by atoms with Gasteiger partial charge in [-0.2, -0.15) is 10.1 Å². The largest absolute Gasteiger partial charge is 0.489 e. The van der Waals surface area contributed by atoms with E-state index in [0.717, 1.165) is 0 Å². The fourth-order valence-electron chi connectivity index (χ4n) is 3.55. The zero-order chi connectivity index (χ0) is 22.0. The topological polar surface area (TPSA) is 107 Å². The number of piperidine rings is 1. The number of anilines is 1. The number of ether oxygens (including phenoxy) is 1. The second kappa shape index (κ2) is 9.04. The van der Waals surface area contributed by atoms with E-state index in [2.05, 4.69) is 31.2 Å². The van der Waals surface area contributed by atoms with E-state index < -0.39 is 12.0 Å². The molecule has 0 bridgehead atoms. The number of benzene rings is 1. The van der Waals surface area contributed by atoms with Crippen LogP contribution in [0.15, 0.2) is 39.5 Å². The fraction of sp³-hybridized carbons (Fsp3) is 0.400. The van der Waals surface area contributed by atoms with Gasteiger partial charge in [-0.3, -0.25) is 0 Å². The van der Waals surface area contributed by atoms with Crippen LogP contribution < -0.4 is 9.64 Å². The number of nitrogens with zero attached hydrogens (tertiary/aromatic N) is 5. The first-order valence-corrected chi connectivity index (χ1v) is 10.7. The molecule has 1 atom stereocenters. The van der Waals surface area contributed by atoms with Crippen LogP contribution in [-0.2, 0) is 4.79 Å². The Morgan fingerprint density at radius 2 is 2.16 bits per heavy atom. The van der Waals surface area contributed by atoms with Crippen LogP contribution in [0.5, 0.6) is 5.75 Å². The molecule has 1 saturated heterocycles. The maximum Gasteiger partial charge on any atom is 0.328 e. The van der Waals surface area contributed by atoms with Gasteiger partial charge in [0.25, 0.3) is 11.8 Å². The zero-order valence-electron chi connectivity index (χ0n) is 16.7. The first kappa shape index (κ1) is 21.3. The molecule has 9 nitrogen and oxygen atoms in total. The highest BCUT2D eigenvalue weighted by Crippen LogP contribution is 2.30. The summed E-state index contributed by atoms with van der Waals surface area (Å²) in [6.07, 6.45) is 3.25. The summed E-state index contributed by atoms with van der Waals surface area (Å²) in [5, 5.41) is 17.6. The van der Waals surface area contributed by atoms with Crippen LogP contribution >= 0.6 is 15.9 Å². The van der Waals surface area contributed by atoms with E-state index in [-0.39, 0.29) is 17.8 Å². The molecule has 1 aromatic carbocycles. The quantitative estimate of drug-likeness (QED) is 0.527. The third-order valence-corrected chi connectivity index (χ3v) is 5.84. The summed E-state index contributed by atoms with van der Waals surface area (Å²) in [7, 11) is 0. The molecule has 11 heteroatoms. The molecule has 1 unspecified atom stereocenters. The Balaban J connectivity index is 1.42. The highest BCUT2D eigenvalue weighted by molar-refractivity contribution is 9.10. The smallest absolute Gasteiger partial charge is 0.328 e. The number of carbonyl (C=O) groups is 1. The van der Waals surface area contributed by atoms with Crippen molar-refractivity contribution in [2.24, 2.45) is 0 Å². The predicted molar refractivity (Wildman–Crippen MR) is 112 cm³/mol. The van der Waals surface area contributed by atoms with Gasteiger partial charge in [-0.15, -0.1) is 0 Å². The highest BCUT2D eigenvalue weighted by atomic mass is 79.9. The van der Waals surface area contributed by atoms with Crippen molar-refractivity contribution >= 4 is 27.8 Å². The van der Waals surface area contributed by atoms with Crippen molar-refractivity contribution < 1.29 is 23.6 Å². The lowest BCUT2D eigenvalue weighted by Gasteiger charge is -2.31. The lowest BCUT2D eigenvalue weighted by molar-refractivity contribution is -0.141. The minimum atomic E-state index is -0.973. The monoisotopic (exact) mass is 493 g/mol. The zero-order valence-corrected chi connectivity index (χ0v) is 18.3. The second-order valence-electron chi connectivity index (χ2n) is 7.20. The second-order valence-corrected chi connectivity index (χ2v) is 8.06.